The van der Waals surface area contributed by atoms with E-state index in [-0.39, 0.29) is 29.7 Å². The molecule has 5 nitrogen and oxygen atoms in total. The molecule has 1 aliphatic heterocycles. The number of thiazole rings is 1. The highest BCUT2D eigenvalue weighted by Gasteiger charge is 2.49. The second-order valence-electron chi connectivity index (χ2n) is 5.35. The first-order chi connectivity index (χ1) is 9.09. The zero-order chi connectivity index (χ0) is 13.6. The van der Waals surface area contributed by atoms with Gasteiger partial charge in [-0.2, -0.15) is 0 Å². The van der Waals surface area contributed by atoms with Crippen LogP contribution in [0.4, 0.5) is 5.13 Å². The summed E-state index contributed by atoms with van der Waals surface area (Å²) >= 11 is 1.32. The minimum Gasteiger partial charge on any atom is -0.323 e. The normalized spacial score (nSPS) is 28.6. The summed E-state index contributed by atoms with van der Waals surface area (Å²) in [5, 5.41) is 2.31. The molecular formula is C13H17N3O2S. The topological polar surface area (TPSA) is 76.3 Å². The van der Waals surface area contributed by atoms with Gasteiger partial charge in [0.1, 0.15) is 0 Å². The van der Waals surface area contributed by atoms with Gasteiger partial charge >= 0.3 is 0 Å². The van der Waals surface area contributed by atoms with Crippen LogP contribution in [0.3, 0.4) is 0 Å². The fourth-order valence-electron chi connectivity index (χ4n) is 2.94. The molecule has 0 spiro atoms. The summed E-state index contributed by atoms with van der Waals surface area (Å²) in [6.07, 6.45) is 3.74. The number of aromatic nitrogens is 1. The van der Waals surface area contributed by atoms with Gasteiger partial charge in [-0.25, -0.2) is 9.88 Å². The van der Waals surface area contributed by atoms with E-state index < -0.39 is 0 Å². The average Bonchev–Trinajstić information content (AvgIpc) is 2.96. The predicted molar refractivity (Wildman–Crippen MR) is 72.7 cm³/mol. The van der Waals surface area contributed by atoms with Gasteiger partial charge in [0.05, 0.1) is 17.5 Å². The fraction of sp³-hybridized carbons (Fsp3) is 0.615. The van der Waals surface area contributed by atoms with Crippen LogP contribution in [0.5, 0.6) is 0 Å². The molecule has 0 radical (unpaired) electrons. The summed E-state index contributed by atoms with van der Waals surface area (Å²) in [6, 6.07) is -0.180. The van der Waals surface area contributed by atoms with Crippen LogP contribution >= 0.6 is 11.3 Å². The maximum atomic E-state index is 12.4. The first kappa shape index (κ1) is 12.7. The lowest BCUT2D eigenvalue weighted by molar-refractivity contribution is -0.122. The third-order valence-corrected chi connectivity index (χ3v) is 4.85. The van der Waals surface area contributed by atoms with Crippen LogP contribution < -0.4 is 10.6 Å². The molecule has 3 unspecified atom stereocenters. The fourth-order valence-corrected chi connectivity index (χ4v) is 3.88. The van der Waals surface area contributed by atoms with Crippen LogP contribution in [0.1, 0.15) is 44.3 Å². The molecule has 2 heterocycles. The number of nitrogens with zero attached hydrogens (tertiary/aromatic N) is 2. The zero-order valence-electron chi connectivity index (χ0n) is 10.8. The number of rotatable bonds is 2. The second kappa shape index (κ2) is 4.68. The van der Waals surface area contributed by atoms with Crippen molar-refractivity contribution in [2.24, 2.45) is 17.6 Å². The van der Waals surface area contributed by atoms with E-state index >= 15 is 0 Å². The second-order valence-corrected chi connectivity index (χ2v) is 6.19. The molecule has 2 amide bonds. The number of fused-ring (bicyclic) bond motifs is 1. The van der Waals surface area contributed by atoms with Crippen LogP contribution in [-0.2, 0) is 9.59 Å². The summed E-state index contributed by atoms with van der Waals surface area (Å²) in [6.45, 7) is 1.84. The molecule has 1 aromatic rings. The van der Waals surface area contributed by atoms with E-state index in [4.69, 9.17) is 5.73 Å². The van der Waals surface area contributed by atoms with E-state index in [1.807, 2.05) is 12.3 Å². The number of hydrogen-bond acceptors (Lipinski definition) is 5. The average molecular weight is 279 g/mol. The smallest absolute Gasteiger partial charge is 0.239 e. The molecule has 2 aliphatic rings. The van der Waals surface area contributed by atoms with E-state index in [9.17, 15) is 9.59 Å². The molecule has 6 heteroatoms. The van der Waals surface area contributed by atoms with Crippen molar-refractivity contribution in [1.29, 1.82) is 0 Å². The largest absolute Gasteiger partial charge is 0.323 e. The van der Waals surface area contributed by atoms with Crippen molar-refractivity contribution in [3.8, 4) is 0 Å². The molecule has 1 saturated carbocycles. The van der Waals surface area contributed by atoms with Gasteiger partial charge in [0.25, 0.3) is 0 Å². The predicted octanol–water partition coefficient (Wildman–Crippen LogP) is 1.84. The van der Waals surface area contributed by atoms with Gasteiger partial charge in [-0.05, 0) is 19.8 Å². The Kier molecular flexibility index (Phi) is 3.14. The Hall–Kier alpha value is -1.27. The number of amides is 2. The van der Waals surface area contributed by atoms with Crippen molar-refractivity contribution < 1.29 is 9.59 Å². The van der Waals surface area contributed by atoms with E-state index in [2.05, 4.69) is 4.98 Å². The van der Waals surface area contributed by atoms with Gasteiger partial charge < -0.3 is 5.73 Å². The SMILES string of the molecule is CC(N)c1csc(N2C(=O)C3CCCCC3C2=O)n1. The van der Waals surface area contributed by atoms with Gasteiger partial charge in [0, 0.05) is 11.4 Å². The van der Waals surface area contributed by atoms with Crippen LogP contribution in [-0.4, -0.2) is 16.8 Å². The Morgan fingerprint density at radius 2 is 1.89 bits per heavy atom. The van der Waals surface area contributed by atoms with Gasteiger partial charge in [-0.1, -0.05) is 12.8 Å². The lowest BCUT2D eigenvalue weighted by Gasteiger charge is -2.19. The van der Waals surface area contributed by atoms with Crippen molar-refractivity contribution in [1.82, 2.24) is 4.98 Å². The molecule has 0 bridgehead atoms. The molecule has 3 atom stereocenters. The monoisotopic (exact) mass is 279 g/mol. The quantitative estimate of drug-likeness (QED) is 0.838. The van der Waals surface area contributed by atoms with Crippen LogP contribution in [0.25, 0.3) is 0 Å². The lowest BCUT2D eigenvalue weighted by atomic mass is 9.81. The third kappa shape index (κ3) is 1.99. The van der Waals surface area contributed by atoms with Crippen molar-refractivity contribution in [3.63, 3.8) is 0 Å². The number of carbonyl (C=O) groups is 2. The zero-order valence-corrected chi connectivity index (χ0v) is 11.7. The Morgan fingerprint density at radius 3 is 2.37 bits per heavy atom. The summed E-state index contributed by atoms with van der Waals surface area (Å²) in [4.78, 5) is 30.4. The Labute approximate surface area is 115 Å². The molecular weight excluding hydrogens is 262 g/mol. The summed E-state index contributed by atoms with van der Waals surface area (Å²) in [5.74, 6) is -0.381. The molecule has 1 aromatic heterocycles. The van der Waals surface area contributed by atoms with E-state index in [1.54, 1.807) is 0 Å². The van der Waals surface area contributed by atoms with Crippen molar-refractivity contribution >= 4 is 28.3 Å². The summed E-state index contributed by atoms with van der Waals surface area (Å²) in [5.41, 5.74) is 6.50. The van der Waals surface area contributed by atoms with Crippen molar-refractivity contribution in [2.45, 2.75) is 38.6 Å². The summed E-state index contributed by atoms with van der Waals surface area (Å²) in [7, 11) is 0. The number of nitrogens with two attached hydrogens (primary N) is 1. The van der Waals surface area contributed by atoms with E-state index in [0.29, 0.717) is 5.13 Å². The minimum absolute atomic E-state index is 0.0692. The highest BCUT2D eigenvalue weighted by atomic mass is 32.1. The van der Waals surface area contributed by atoms with Gasteiger partial charge in [0.15, 0.2) is 5.13 Å². The van der Waals surface area contributed by atoms with Gasteiger partial charge in [-0.15, -0.1) is 11.3 Å². The molecule has 19 heavy (non-hydrogen) atoms. The Morgan fingerprint density at radius 1 is 1.32 bits per heavy atom. The van der Waals surface area contributed by atoms with Crippen LogP contribution in [0.2, 0.25) is 0 Å². The first-order valence-corrected chi connectivity index (χ1v) is 7.56. The molecule has 1 saturated heterocycles. The number of carbonyl (C=O) groups excluding carboxylic acids is 2. The molecule has 0 aromatic carbocycles. The number of anilines is 1. The Bertz CT molecular complexity index is 502. The molecule has 2 N–H and O–H groups in total. The van der Waals surface area contributed by atoms with Crippen LogP contribution in [0, 0.1) is 11.8 Å². The van der Waals surface area contributed by atoms with E-state index in [0.717, 1.165) is 31.4 Å². The standard InChI is InChI=1S/C13H17N3O2S/c1-7(14)10-6-19-13(15-10)16-11(17)8-4-2-3-5-9(8)12(16)18/h6-9H,2-5,14H2,1H3. The summed E-state index contributed by atoms with van der Waals surface area (Å²) < 4.78 is 0. The van der Waals surface area contributed by atoms with E-state index in [1.165, 1.54) is 16.2 Å². The maximum absolute atomic E-state index is 12.4. The third-order valence-electron chi connectivity index (χ3n) is 4.01. The molecule has 1 aliphatic carbocycles. The minimum atomic E-state index is -0.180. The van der Waals surface area contributed by atoms with Gasteiger partial charge in [0.2, 0.25) is 11.8 Å². The molecule has 2 fully saturated rings. The molecule has 102 valence electrons. The maximum Gasteiger partial charge on any atom is 0.239 e. The van der Waals surface area contributed by atoms with Crippen molar-refractivity contribution in [3.05, 3.63) is 11.1 Å². The first-order valence-electron chi connectivity index (χ1n) is 6.68. The number of imide groups is 1. The van der Waals surface area contributed by atoms with Gasteiger partial charge in [-0.3, -0.25) is 9.59 Å². The lowest BCUT2D eigenvalue weighted by Crippen LogP contribution is -2.30. The van der Waals surface area contributed by atoms with Crippen molar-refractivity contribution in [2.75, 3.05) is 4.90 Å². The highest BCUT2D eigenvalue weighted by Crippen LogP contribution is 2.40. The molecule has 3 rings (SSSR count). The highest BCUT2D eigenvalue weighted by molar-refractivity contribution is 7.14. The Balaban J connectivity index is 1.91. The number of hydrogen-bond donors (Lipinski definition) is 1. The van der Waals surface area contributed by atoms with Crippen LogP contribution in [0.15, 0.2) is 5.38 Å².